The summed E-state index contributed by atoms with van der Waals surface area (Å²) in [5.74, 6) is -0.0257. The van der Waals surface area contributed by atoms with E-state index in [-0.39, 0.29) is 5.91 Å². The van der Waals surface area contributed by atoms with Crippen LogP contribution in [0, 0.1) is 0 Å². The molecule has 0 aliphatic carbocycles. The minimum Gasteiger partial charge on any atom is -0.357 e. The van der Waals surface area contributed by atoms with E-state index in [0.717, 1.165) is 33.6 Å². The second kappa shape index (κ2) is 6.95. The van der Waals surface area contributed by atoms with E-state index in [1.54, 1.807) is 0 Å². The number of hydrogen-bond donors (Lipinski definition) is 2. The van der Waals surface area contributed by atoms with Crippen molar-refractivity contribution in [2.24, 2.45) is 5.73 Å². The summed E-state index contributed by atoms with van der Waals surface area (Å²) < 4.78 is 0. The molecule has 6 heteroatoms. The molecule has 0 bridgehead atoms. The standard InChI is InChI=1S/C20H19Cl2N3O/c21-13-3-1-12(2-4-13)9-17(23)20(26)25-8-7-15-16-10-14(22)5-6-18(16)24-19(15)11-25/h1-6,10,17,24H,7-9,11,23H2. The number of H-pyrrole nitrogens is 1. The summed E-state index contributed by atoms with van der Waals surface area (Å²) in [5.41, 5.74) is 10.6. The topological polar surface area (TPSA) is 62.1 Å². The van der Waals surface area contributed by atoms with Gasteiger partial charge in [-0.3, -0.25) is 4.79 Å². The highest BCUT2D eigenvalue weighted by atomic mass is 35.5. The Hall–Kier alpha value is -2.01. The average Bonchev–Trinajstić information content (AvgIpc) is 3.00. The molecule has 0 saturated heterocycles. The van der Waals surface area contributed by atoms with Gasteiger partial charge in [-0.2, -0.15) is 0 Å². The second-order valence-electron chi connectivity index (χ2n) is 6.72. The van der Waals surface area contributed by atoms with Gasteiger partial charge < -0.3 is 15.6 Å². The predicted octanol–water partition coefficient (Wildman–Crippen LogP) is 3.93. The van der Waals surface area contributed by atoms with E-state index in [0.29, 0.717) is 24.5 Å². The highest BCUT2D eigenvalue weighted by Crippen LogP contribution is 2.29. The highest BCUT2D eigenvalue weighted by molar-refractivity contribution is 6.31. The molecule has 4 rings (SSSR count). The van der Waals surface area contributed by atoms with E-state index < -0.39 is 6.04 Å². The summed E-state index contributed by atoms with van der Waals surface area (Å²) in [7, 11) is 0. The summed E-state index contributed by atoms with van der Waals surface area (Å²) in [5, 5.41) is 2.55. The molecule has 3 N–H and O–H groups in total. The molecule has 0 spiro atoms. The van der Waals surface area contributed by atoms with Crippen molar-refractivity contribution in [2.45, 2.75) is 25.4 Å². The van der Waals surface area contributed by atoms with Gasteiger partial charge in [0.25, 0.3) is 0 Å². The Morgan fingerprint density at radius 3 is 2.65 bits per heavy atom. The van der Waals surface area contributed by atoms with Crippen molar-refractivity contribution >= 4 is 40.0 Å². The van der Waals surface area contributed by atoms with Gasteiger partial charge in [0.2, 0.25) is 5.91 Å². The average molecular weight is 388 g/mol. The van der Waals surface area contributed by atoms with E-state index >= 15 is 0 Å². The number of nitrogens with zero attached hydrogens (tertiary/aromatic N) is 1. The Balaban J connectivity index is 1.50. The minimum absolute atomic E-state index is 0.0257. The lowest BCUT2D eigenvalue weighted by Crippen LogP contribution is -2.46. The van der Waals surface area contributed by atoms with Gasteiger partial charge in [0, 0.05) is 33.2 Å². The maximum absolute atomic E-state index is 12.8. The lowest BCUT2D eigenvalue weighted by atomic mass is 10.0. The molecule has 1 aromatic heterocycles. The van der Waals surface area contributed by atoms with Gasteiger partial charge in [0.15, 0.2) is 0 Å². The van der Waals surface area contributed by atoms with E-state index in [9.17, 15) is 4.79 Å². The molecular formula is C20H19Cl2N3O. The molecule has 1 unspecified atom stereocenters. The molecule has 1 atom stereocenters. The number of benzene rings is 2. The van der Waals surface area contributed by atoms with Crippen LogP contribution in [0.25, 0.3) is 10.9 Å². The zero-order chi connectivity index (χ0) is 18.3. The number of hydrogen-bond acceptors (Lipinski definition) is 2. The first-order chi connectivity index (χ1) is 12.5. The molecule has 3 aromatic rings. The highest BCUT2D eigenvalue weighted by Gasteiger charge is 2.27. The lowest BCUT2D eigenvalue weighted by molar-refractivity contribution is -0.133. The zero-order valence-corrected chi connectivity index (χ0v) is 15.6. The van der Waals surface area contributed by atoms with Crippen LogP contribution in [0.1, 0.15) is 16.8 Å². The van der Waals surface area contributed by atoms with Gasteiger partial charge >= 0.3 is 0 Å². The fourth-order valence-electron chi connectivity index (χ4n) is 3.60. The van der Waals surface area contributed by atoms with Crippen LogP contribution in [0.2, 0.25) is 10.0 Å². The summed E-state index contributed by atoms with van der Waals surface area (Å²) in [4.78, 5) is 18.0. The van der Waals surface area contributed by atoms with Crippen LogP contribution in [0.4, 0.5) is 0 Å². The number of aromatic nitrogens is 1. The van der Waals surface area contributed by atoms with Crippen LogP contribution < -0.4 is 5.73 Å². The minimum atomic E-state index is -0.559. The van der Waals surface area contributed by atoms with E-state index in [1.807, 2.05) is 47.4 Å². The maximum atomic E-state index is 12.8. The first kappa shape index (κ1) is 17.4. The molecule has 2 heterocycles. The SMILES string of the molecule is NC(Cc1ccc(Cl)cc1)C(=O)N1CCc2c([nH]c3ccc(Cl)cc23)C1. The Morgan fingerprint density at radius 2 is 1.88 bits per heavy atom. The number of nitrogens with two attached hydrogens (primary N) is 1. The number of carbonyl (C=O) groups is 1. The fourth-order valence-corrected chi connectivity index (χ4v) is 3.90. The lowest BCUT2D eigenvalue weighted by Gasteiger charge is -2.29. The van der Waals surface area contributed by atoms with Crippen molar-refractivity contribution in [1.82, 2.24) is 9.88 Å². The molecule has 1 amide bonds. The fraction of sp³-hybridized carbons (Fsp3) is 0.250. The quantitative estimate of drug-likeness (QED) is 0.714. The van der Waals surface area contributed by atoms with Crippen molar-refractivity contribution in [2.75, 3.05) is 6.54 Å². The number of nitrogens with one attached hydrogen (secondary N) is 1. The third kappa shape index (κ3) is 3.32. The number of rotatable bonds is 3. The molecule has 134 valence electrons. The van der Waals surface area contributed by atoms with Gasteiger partial charge in [-0.25, -0.2) is 0 Å². The predicted molar refractivity (Wildman–Crippen MR) is 106 cm³/mol. The van der Waals surface area contributed by atoms with Crippen LogP contribution in [-0.4, -0.2) is 28.4 Å². The van der Waals surface area contributed by atoms with Crippen LogP contribution in [0.3, 0.4) is 0 Å². The third-order valence-corrected chi connectivity index (χ3v) is 5.42. The smallest absolute Gasteiger partial charge is 0.240 e. The van der Waals surface area contributed by atoms with E-state index in [4.69, 9.17) is 28.9 Å². The van der Waals surface area contributed by atoms with Gasteiger partial charge in [0.05, 0.1) is 12.6 Å². The van der Waals surface area contributed by atoms with Crippen molar-refractivity contribution in [3.8, 4) is 0 Å². The Morgan fingerprint density at radius 1 is 1.15 bits per heavy atom. The van der Waals surface area contributed by atoms with Crippen molar-refractivity contribution < 1.29 is 4.79 Å². The summed E-state index contributed by atoms with van der Waals surface area (Å²) in [6.45, 7) is 1.22. The van der Waals surface area contributed by atoms with Crippen molar-refractivity contribution in [3.63, 3.8) is 0 Å². The zero-order valence-electron chi connectivity index (χ0n) is 14.1. The second-order valence-corrected chi connectivity index (χ2v) is 7.59. The van der Waals surface area contributed by atoms with Gasteiger partial charge in [-0.05, 0) is 54.3 Å². The van der Waals surface area contributed by atoms with E-state index in [1.165, 1.54) is 5.56 Å². The molecule has 1 aliphatic heterocycles. The normalized spacial score (nSPS) is 15.1. The monoisotopic (exact) mass is 387 g/mol. The Kier molecular flexibility index (Phi) is 4.65. The van der Waals surface area contributed by atoms with Gasteiger partial charge in [-0.1, -0.05) is 35.3 Å². The molecule has 0 saturated carbocycles. The molecular weight excluding hydrogens is 369 g/mol. The van der Waals surface area contributed by atoms with Crippen LogP contribution in [0.5, 0.6) is 0 Å². The number of halogens is 2. The largest absolute Gasteiger partial charge is 0.357 e. The molecule has 1 aliphatic rings. The Bertz CT molecular complexity index is 965. The summed E-state index contributed by atoms with van der Waals surface area (Å²) in [6.07, 6.45) is 1.30. The molecule has 0 radical (unpaired) electrons. The number of carbonyl (C=O) groups excluding carboxylic acids is 1. The van der Waals surface area contributed by atoms with Crippen LogP contribution >= 0.6 is 23.2 Å². The number of amides is 1. The van der Waals surface area contributed by atoms with Crippen molar-refractivity contribution in [3.05, 3.63) is 69.3 Å². The molecule has 0 fully saturated rings. The van der Waals surface area contributed by atoms with E-state index in [2.05, 4.69) is 4.98 Å². The maximum Gasteiger partial charge on any atom is 0.240 e. The first-order valence-electron chi connectivity index (χ1n) is 8.59. The van der Waals surface area contributed by atoms with Crippen molar-refractivity contribution in [1.29, 1.82) is 0 Å². The van der Waals surface area contributed by atoms with Crippen LogP contribution in [-0.2, 0) is 24.2 Å². The molecule has 4 nitrogen and oxygen atoms in total. The summed E-state index contributed by atoms with van der Waals surface area (Å²) in [6, 6.07) is 12.7. The molecule has 26 heavy (non-hydrogen) atoms. The molecule has 2 aromatic carbocycles. The van der Waals surface area contributed by atoms with Gasteiger partial charge in [0.1, 0.15) is 0 Å². The van der Waals surface area contributed by atoms with Crippen LogP contribution in [0.15, 0.2) is 42.5 Å². The third-order valence-electron chi connectivity index (χ3n) is 4.94. The van der Waals surface area contributed by atoms with Gasteiger partial charge in [-0.15, -0.1) is 0 Å². The summed E-state index contributed by atoms with van der Waals surface area (Å²) >= 11 is 12.0. The number of aromatic amines is 1. The Labute approximate surface area is 161 Å². The number of fused-ring (bicyclic) bond motifs is 3. The first-order valence-corrected chi connectivity index (χ1v) is 9.34.